The Morgan fingerprint density at radius 2 is 1.45 bits per heavy atom. The van der Waals surface area contributed by atoms with Crippen LogP contribution < -0.4 is 0 Å². The van der Waals surface area contributed by atoms with Crippen LogP contribution in [0.2, 0.25) is 0 Å². The quantitative estimate of drug-likeness (QED) is 0.415. The third-order valence-corrected chi connectivity index (χ3v) is 6.63. The predicted molar refractivity (Wildman–Crippen MR) is 52.8 cm³/mol. The fourth-order valence-electron chi connectivity index (χ4n) is 2.73. The van der Waals surface area contributed by atoms with Gasteiger partial charge in [-0.1, -0.05) is 18.9 Å². The van der Waals surface area contributed by atoms with Gasteiger partial charge in [0.1, 0.15) is 0 Å². The third kappa shape index (κ3) is 1.50. The fraction of sp³-hybridized carbons (Fsp3) is 1.00. The lowest BCUT2D eigenvalue weighted by Crippen LogP contribution is -2.27. The van der Waals surface area contributed by atoms with Crippen molar-refractivity contribution in [2.75, 3.05) is 6.06 Å². The van der Waals surface area contributed by atoms with Crippen LogP contribution in [-0.2, 0) is 0 Å². The molecule has 0 saturated carbocycles. The first-order valence-electron chi connectivity index (χ1n) is 4.87. The van der Waals surface area contributed by atoms with Crippen molar-refractivity contribution in [3.8, 4) is 0 Å². The molecule has 2 rings (SSSR count). The Morgan fingerprint density at radius 3 is 1.73 bits per heavy atom. The molecule has 0 spiro atoms. The highest BCUT2D eigenvalue weighted by Crippen LogP contribution is 2.58. The zero-order chi connectivity index (χ0) is 7.68. The summed E-state index contributed by atoms with van der Waals surface area (Å²) in [5.74, 6) is 0. The minimum Gasteiger partial charge on any atom is -0.109 e. The van der Waals surface area contributed by atoms with Crippen LogP contribution in [0.25, 0.3) is 0 Å². The van der Waals surface area contributed by atoms with Crippen molar-refractivity contribution in [3.63, 3.8) is 0 Å². The van der Waals surface area contributed by atoms with Gasteiger partial charge in [0.15, 0.2) is 0 Å². The summed E-state index contributed by atoms with van der Waals surface area (Å²) in [6.07, 6.45) is 8.99. The van der Waals surface area contributed by atoms with Gasteiger partial charge in [0.2, 0.25) is 0 Å². The summed E-state index contributed by atoms with van der Waals surface area (Å²) in [6.45, 7) is 0. The molecule has 2 aliphatic rings. The molecule has 0 N–H and O–H groups in total. The second-order valence-corrected chi connectivity index (χ2v) is 6.72. The molecule has 0 aromatic rings. The van der Waals surface area contributed by atoms with Crippen LogP contribution in [0.15, 0.2) is 0 Å². The van der Waals surface area contributed by atoms with Crippen LogP contribution in [0.4, 0.5) is 0 Å². The summed E-state index contributed by atoms with van der Waals surface area (Å²) in [5.41, 5.74) is 2.14. The molecule has 0 unspecified atom stereocenters. The Bertz CT molecular complexity index is 116. The van der Waals surface area contributed by atoms with E-state index < -0.39 is 0 Å². The van der Waals surface area contributed by atoms with E-state index in [1.165, 1.54) is 38.5 Å². The second-order valence-electron chi connectivity index (χ2n) is 3.87. The van der Waals surface area contributed by atoms with Gasteiger partial charge in [0.25, 0.3) is 0 Å². The molecular weight excluding hydrogens is 150 g/mol. The van der Waals surface area contributed by atoms with Crippen molar-refractivity contribution in [2.45, 2.75) is 49.8 Å². The number of fused-ring (bicyclic) bond motifs is 2. The maximum Gasteiger partial charge on any atom is 0.0716 e. The summed E-state index contributed by atoms with van der Waals surface area (Å²) in [6, 6.07) is 1.02. The Labute approximate surface area is 72.3 Å². The maximum atomic E-state index is 5.82. The molecule has 0 atom stereocenters. The first-order chi connectivity index (χ1) is 5.42. The monoisotopic (exact) mass is 166 g/mol. The van der Waals surface area contributed by atoms with Crippen LogP contribution in [0.1, 0.15) is 38.5 Å². The third-order valence-electron chi connectivity index (χ3n) is 3.30. The SMILES string of the molecule is [B]CP1C2CCCC1CCC2. The Kier molecular flexibility index (Phi) is 2.56. The molecule has 0 amide bonds. The van der Waals surface area contributed by atoms with E-state index in [0.29, 0.717) is 0 Å². The normalized spacial score (nSPS) is 43.8. The molecule has 2 bridgehead atoms. The minimum atomic E-state index is 0.270. The van der Waals surface area contributed by atoms with E-state index in [4.69, 9.17) is 7.85 Å². The average molecular weight is 166 g/mol. The molecule has 0 aliphatic carbocycles. The van der Waals surface area contributed by atoms with Gasteiger partial charge < -0.3 is 0 Å². The van der Waals surface area contributed by atoms with Crippen molar-refractivity contribution in [3.05, 3.63) is 0 Å². The second kappa shape index (κ2) is 3.48. The lowest BCUT2D eigenvalue weighted by atomic mass is 9.99. The number of hydrogen-bond acceptors (Lipinski definition) is 0. The molecule has 0 nitrogen and oxygen atoms in total. The molecule has 0 aromatic carbocycles. The summed E-state index contributed by atoms with van der Waals surface area (Å²) in [7, 11) is 6.09. The number of hydrogen-bond donors (Lipinski definition) is 0. The molecule has 2 saturated heterocycles. The maximum absolute atomic E-state index is 5.82. The topological polar surface area (TPSA) is 0 Å². The molecule has 2 heteroatoms. The van der Waals surface area contributed by atoms with E-state index in [-0.39, 0.29) is 7.92 Å². The molecule has 2 heterocycles. The molecule has 2 radical (unpaired) electrons. The van der Waals surface area contributed by atoms with Crippen LogP contribution in [0.5, 0.6) is 0 Å². The van der Waals surface area contributed by atoms with Crippen molar-refractivity contribution < 1.29 is 0 Å². The van der Waals surface area contributed by atoms with Crippen LogP contribution in [0.3, 0.4) is 0 Å². The Morgan fingerprint density at radius 1 is 1.00 bits per heavy atom. The van der Waals surface area contributed by atoms with Gasteiger partial charge >= 0.3 is 0 Å². The molecular formula is C9H16BP. The fourth-order valence-corrected chi connectivity index (χ4v) is 5.98. The van der Waals surface area contributed by atoms with Crippen LogP contribution in [0, 0.1) is 0 Å². The van der Waals surface area contributed by atoms with Crippen molar-refractivity contribution in [1.29, 1.82) is 0 Å². The minimum absolute atomic E-state index is 0.270. The van der Waals surface area contributed by atoms with Crippen molar-refractivity contribution in [1.82, 2.24) is 0 Å². The average Bonchev–Trinajstić information content (AvgIpc) is 2.03. The van der Waals surface area contributed by atoms with Gasteiger partial charge in [-0.05, 0) is 37.0 Å². The van der Waals surface area contributed by atoms with Gasteiger partial charge in [-0.2, -0.15) is 0 Å². The van der Waals surface area contributed by atoms with Crippen LogP contribution >= 0.6 is 7.92 Å². The summed E-state index contributed by atoms with van der Waals surface area (Å²) < 4.78 is 0. The van der Waals surface area contributed by atoms with Gasteiger partial charge in [-0.25, -0.2) is 0 Å². The zero-order valence-electron chi connectivity index (χ0n) is 7.13. The highest BCUT2D eigenvalue weighted by Gasteiger charge is 2.33. The standard InChI is InChI=1S/C9H16BP/c10-7-11-8-3-1-4-9(11)6-2-5-8/h8-9H,1-7H2. The molecule has 11 heavy (non-hydrogen) atoms. The van der Waals surface area contributed by atoms with Gasteiger partial charge in [-0.15, -0.1) is 7.92 Å². The van der Waals surface area contributed by atoms with E-state index in [9.17, 15) is 0 Å². The van der Waals surface area contributed by atoms with Crippen LogP contribution in [-0.4, -0.2) is 25.2 Å². The summed E-state index contributed by atoms with van der Waals surface area (Å²) in [5, 5.41) is 0. The molecule has 2 aliphatic heterocycles. The van der Waals surface area contributed by atoms with E-state index in [2.05, 4.69) is 0 Å². The highest BCUT2D eigenvalue weighted by molar-refractivity contribution is 7.60. The summed E-state index contributed by atoms with van der Waals surface area (Å²) in [4.78, 5) is 0. The largest absolute Gasteiger partial charge is 0.109 e. The van der Waals surface area contributed by atoms with E-state index >= 15 is 0 Å². The lowest BCUT2D eigenvalue weighted by Gasteiger charge is -2.43. The Hall–Kier alpha value is 0.495. The smallest absolute Gasteiger partial charge is 0.0716 e. The van der Waals surface area contributed by atoms with E-state index in [1.54, 1.807) is 0 Å². The first-order valence-corrected chi connectivity index (χ1v) is 6.54. The van der Waals surface area contributed by atoms with Gasteiger partial charge in [0, 0.05) is 0 Å². The molecule has 2 fully saturated rings. The van der Waals surface area contributed by atoms with E-state index in [0.717, 1.165) is 17.4 Å². The van der Waals surface area contributed by atoms with Gasteiger partial charge in [0.05, 0.1) is 7.85 Å². The van der Waals surface area contributed by atoms with Crippen molar-refractivity contribution >= 4 is 15.8 Å². The highest BCUT2D eigenvalue weighted by atomic mass is 31.1. The van der Waals surface area contributed by atoms with E-state index in [1.807, 2.05) is 0 Å². The first kappa shape index (κ1) is 8.11. The molecule has 0 aromatic heterocycles. The predicted octanol–water partition coefficient (Wildman–Crippen LogP) is 2.70. The number of rotatable bonds is 1. The summed E-state index contributed by atoms with van der Waals surface area (Å²) >= 11 is 0. The Balaban J connectivity index is 2.04. The van der Waals surface area contributed by atoms with Gasteiger partial charge in [-0.3, -0.25) is 0 Å². The zero-order valence-corrected chi connectivity index (χ0v) is 8.02. The lowest BCUT2D eigenvalue weighted by molar-refractivity contribution is 0.476. The van der Waals surface area contributed by atoms with Crippen molar-refractivity contribution in [2.24, 2.45) is 0 Å². The molecule has 60 valence electrons.